The van der Waals surface area contributed by atoms with E-state index in [0.29, 0.717) is 24.7 Å². The second-order valence-corrected chi connectivity index (χ2v) is 9.31. The fourth-order valence-corrected chi connectivity index (χ4v) is 4.29. The van der Waals surface area contributed by atoms with Crippen LogP contribution in [0.4, 0.5) is 5.82 Å². The van der Waals surface area contributed by atoms with Crippen LogP contribution < -0.4 is 5.32 Å². The molecule has 0 saturated carbocycles. The van der Waals surface area contributed by atoms with Crippen LogP contribution in [0.3, 0.4) is 0 Å². The van der Waals surface area contributed by atoms with Crippen LogP contribution in [0.2, 0.25) is 0 Å². The van der Waals surface area contributed by atoms with Gasteiger partial charge in [-0.3, -0.25) is 9.59 Å². The highest BCUT2D eigenvalue weighted by molar-refractivity contribution is 8.01. The number of amides is 2. The van der Waals surface area contributed by atoms with Crippen molar-refractivity contribution in [2.24, 2.45) is 0 Å². The normalized spacial score (nSPS) is 12.0. The molecule has 1 N–H and O–H groups in total. The van der Waals surface area contributed by atoms with Crippen molar-refractivity contribution in [3.05, 3.63) is 57.9 Å². The number of nitrogens with zero attached hydrogens (tertiary/aromatic N) is 2. The lowest BCUT2D eigenvalue weighted by Crippen LogP contribution is -2.32. The predicted molar refractivity (Wildman–Crippen MR) is 114 cm³/mol. The number of aryl methyl sites for hydroxylation is 2. The Balaban J connectivity index is 1.57. The Morgan fingerprint density at radius 1 is 1.28 bits per heavy atom. The van der Waals surface area contributed by atoms with Gasteiger partial charge in [-0.05, 0) is 45.0 Å². The van der Waals surface area contributed by atoms with Gasteiger partial charge in [-0.15, -0.1) is 23.1 Å². The van der Waals surface area contributed by atoms with Crippen molar-refractivity contribution in [1.82, 2.24) is 10.1 Å². The molecular formula is C20H23N3O4S2. The minimum absolute atomic E-state index is 0.0469. The SMILES string of the molecule is Cc1cc(NC(=O)C(C)SCC(=O)N(Cc2ccco2)Cc2ccc(C)s2)no1. The van der Waals surface area contributed by atoms with Crippen LogP contribution in [0.15, 0.2) is 45.5 Å². The van der Waals surface area contributed by atoms with Gasteiger partial charge in [0.15, 0.2) is 5.82 Å². The largest absolute Gasteiger partial charge is 0.467 e. The zero-order valence-electron chi connectivity index (χ0n) is 16.5. The van der Waals surface area contributed by atoms with Crippen LogP contribution >= 0.6 is 23.1 Å². The number of thiophene rings is 1. The van der Waals surface area contributed by atoms with E-state index in [4.69, 9.17) is 8.94 Å². The first-order valence-corrected chi connectivity index (χ1v) is 11.0. The molecule has 3 aromatic rings. The van der Waals surface area contributed by atoms with E-state index in [1.807, 2.05) is 25.1 Å². The van der Waals surface area contributed by atoms with Crippen molar-refractivity contribution in [2.45, 2.75) is 39.1 Å². The van der Waals surface area contributed by atoms with Crippen LogP contribution in [0.5, 0.6) is 0 Å². The number of rotatable bonds is 9. The maximum atomic E-state index is 12.9. The first-order valence-electron chi connectivity index (χ1n) is 9.12. The second kappa shape index (κ2) is 9.80. The molecule has 3 aromatic heterocycles. The van der Waals surface area contributed by atoms with Gasteiger partial charge < -0.3 is 19.2 Å². The van der Waals surface area contributed by atoms with E-state index in [-0.39, 0.29) is 17.6 Å². The number of furan rings is 1. The number of thioether (sulfide) groups is 1. The number of hydrogen-bond acceptors (Lipinski definition) is 7. The monoisotopic (exact) mass is 433 g/mol. The van der Waals surface area contributed by atoms with Gasteiger partial charge in [0.2, 0.25) is 11.8 Å². The maximum Gasteiger partial charge on any atom is 0.238 e. The number of hydrogen-bond donors (Lipinski definition) is 1. The highest BCUT2D eigenvalue weighted by atomic mass is 32.2. The summed E-state index contributed by atoms with van der Waals surface area (Å²) in [7, 11) is 0. The van der Waals surface area contributed by atoms with Crippen molar-refractivity contribution in [3.63, 3.8) is 0 Å². The Morgan fingerprint density at radius 2 is 2.10 bits per heavy atom. The van der Waals surface area contributed by atoms with E-state index < -0.39 is 5.25 Å². The van der Waals surface area contributed by atoms with Crippen LogP contribution in [-0.2, 0) is 22.7 Å². The van der Waals surface area contributed by atoms with Crippen molar-refractivity contribution in [2.75, 3.05) is 11.1 Å². The molecule has 1 atom stereocenters. The van der Waals surface area contributed by atoms with Gasteiger partial charge in [-0.2, -0.15) is 0 Å². The lowest BCUT2D eigenvalue weighted by Gasteiger charge is -2.21. The molecule has 3 heterocycles. The molecular weight excluding hydrogens is 410 g/mol. The summed E-state index contributed by atoms with van der Waals surface area (Å²) in [5, 5.41) is 6.03. The zero-order valence-corrected chi connectivity index (χ0v) is 18.1. The van der Waals surface area contributed by atoms with Crippen molar-refractivity contribution < 1.29 is 18.5 Å². The van der Waals surface area contributed by atoms with Gasteiger partial charge in [-0.25, -0.2) is 0 Å². The Morgan fingerprint density at radius 3 is 2.72 bits per heavy atom. The van der Waals surface area contributed by atoms with Crippen molar-refractivity contribution >= 4 is 40.7 Å². The molecule has 0 radical (unpaired) electrons. The van der Waals surface area contributed by atoms with E-state index in [1.54, 1.807) is 48.5 Å². The highest BCUT2D eigenvalue weighted by Gasteiger charge is 2.21. The molecule has 0 aliphatic heterocycles. The fraction of sp³-hybridized carbons (Fsp3) is 0.350. The van der Waals surface area contributed by atoms with Gasteiger partial charge in [0.1, 0.15) is 11.5 Å². The van der Waals surface area contributed by atoms with Gasteiger partial charge in [0.25, 0.3) is 0 Å². The summed E-state index contributed by atoms with van der Waals surface area (Å²) in [5.74, 6) is 1.64. The predicted octanol–water partition coefficient (Wildman–Crippen LogP) is 4.24. The van der Waals surface area contributed by atoms with E-state index in [0.717, 1.165) is 10.6 Å². The summed E-state index contributed by atoms with van der Waals surface area (Å²) in [5.41, 5.74) is 0. The molecule has 2 amide bonds. The molecule has 0 fully saturated rings. The smallest absolute Gasteiger partial charge is 0.238 e. The molecule has 0 bridgehead atoms. The molecule has 3 rings (SSSR count). The molecule has 7 nitrogen and oxygen atoms in total. The summed E-state index contributed by atoms with van der Waals surface area (Å²) >= 11 is 2.95. The quantitative estimate of drug-likeness (QED) is 0.543. The number of nitrogens with one attached hydrogen (secondary N) is 1. The van der Waals surface area contributed by atoms with Crippen LogP contribution in [0.1, 0.15) is 28.2 Å². The standard InChI is InChI=1S/C20H23N3O4S2/c1-13-9-18(22-27-13)21-20(25)15(3)28-12-19(24)23(10-16-5-4-8-26-16)11-17-7-6-14(2)29-17/h4-9,15H,10-12H2,1-3H3,(H,21,22,25). The number of anilines is 1. The molecule has 0 aliphatic rings. The first kappa shape index (κ1) is 21.2. The van der Waals surface area contributed by atoms with Crippen molar-refractivity contribution in [3.8, 4) is 0 Å². The Kier molecular flexibility index (Phi) is 7.16. The zero-order chi connectivity index (χ0) is 20.8. The Hall–Kier alpha value is -2.52. The van der Waals surface area contributed by atoms with Gasteiger partial charge in [0, 0.05) is 15.8 Å². The second-order valence-electron chi connectivity index (χ2n) is 6.61. The Bertz CT molecular complexity index is 949. The van der Waals surface area contributed by atoms with Crippen LogP contribution in [0.25, 0.3) is 0 Å². The lowest BCUT2D eigenvalue weighted by atomic mass is 10.3. The third kappa shape index (κ3) is 6.23. The number of carbonyl (C=O) groups is 2. The van der Waals surface area contributed by atoms with Crippen LogP contribution in [0, 0.1) is 13.8 Å². The number of aromatic nitrogens is 1. The van der Waals surface area contributed by atoms with Crippen LogP contribution in [-0.4, -0.2) is 32.9 Å². The average Bonchev–Trinajstić information content (AvgIpc) is 3.42. The lowest BCUT2D eigenvalue weighted by molar-refractivity contribution is -0.129. The molecule has 1 unspecified atom stereocenters. The molecule has 29 heavy (non-hydrogen) atoms. The molecule has 0 spiro atoms. The molecule has 0 aromatic carbocycles. The third-order valence-electron chi connectivity index (χ3n) is 4.13. The molecule has 0 aliphatic carbocycles. The fourth-order valence-electron chi connectivity index (χ4n) is 2.60. The topological polar surface area (TPSA) is 88.6 Å². The summed E-state index contributed by atoms with van der Waals surface area (Å²) < 4.78 is 10.4. The van der Waals surface area contributed by atoms with Gasteiger partial charge in [0.05, 0.1) is 30.4 Å². The van der Waals surface area contributed by atoms with Gasteiger partial charge in [-0.1, -0.05) is 5.16 Å². The Labute approximate surface area is 177 Å². The maximum absolute atomic E-state index is 12.9. The third-order valence-corrected chi connectivity index (χ3v) is 6.24. The van der Waals surface area contributed by atoms with Gasteiger partial charge >= 0.3 is 0 Å². The number of carbonyl (C=O) groups excluding carboxylic acids is 2. The molecule has 9 heteroatoms. The summed E-state index contributed by atoms with van der Waals surface area (Å²) in [6.45, 7) is 6.46. The van der Waals surface area contributed by atoms with E-state index >= 15 is 0 Å². The molecule has 154 valence electrons. The summed E-state index contributed by atoms with van der Waals surface area (Å²) in [6, 6.07) is 9.38. The highest BCUT2D eigenvalue weighted by Crippen LogP contribution is 2.21. The van der Waals surface area contributed by atoms with E-state index in [9.17, 15) is 9.59 Å². The molecule has 0 saturated heterocycles. The summed E-state index contributed by atoms with van der Waals surface area (Å²) in [6.07, 6.45) is 1.60. The average molecular weight is 434 g/mol. The van der Waals surface area contributed by atoms with E-state index in [1.165, 1.54) is 16.6 Å². The minimum atomic E-state index is -0.412. The summed E-state index contributed by atoms with van der Waals surface area (Å²) in [4.78, 5) is 29.2. The van der Waals surface area contributed by atoms with E-state index in [2.05, 4.69) is 10.5 Å². The minimum Gasteiger partial charge on any atom is -0.467 e. The first-order chi connectivity index (χ1) is 13.9. The van der Waals surface area contributed by atoms with Crippen molar-refractivity contribution in [1.29, 1.82) is 0 Å².